The zero-order valence-corrected chi connectivity index (χ0v) is 9.90. The maximum atomic E-state index is 11.4. The molecule has 0 bridgehead atoms. The van der Waals surface area contributed by atoms with Gasteiger partial charge in [-0.1, -0.05) is 18.2 Å². The van der Waals surface area contributed by atoms with Crippen molar-refractivity contribution < 1.29 is 5.11 Å². The van der Waals surface area contributed by atoms with E-state index in [1.807, 2.05) is 30.5 Å². The van der Waals surface area contributed by atoms with Gasteiger partial charge in [0.25, 0.3) is 0 Å². The number of hydrogen-bond donors (Lipinski definition) is 3. The Bertz CT molecular complexity index is 764. The minimum absolute atomic E-state index is 0.00900. The molecule has 2 heterocycles. The first kappa shape index (κ1) is 10.7. The molecular formula is C13H13N3O2. The van der Waals surface area contributed by atoms with E-state index in [0.717, 1.165) is 16.5 Å². The van der Waals surface area contributed by atoms with E-state index in [1.165, 1.54) is 11.6 Å². The summed E-state index contributed by atoms with van der Waals surface area (Å²) >= 11 is 0. The fourth-order valence-corrected chi connectivity index (χ4v) is 2.16. The Hall–Kier alpha value is -2.43. The van der Waals surface area contributed by atoms with Crippen LogP contribution in [-0.4, -0.2) is 19.6 Å². The van der Waals surface area contributed by atoms with E-state index in [-0.39, 0.29) is 11.6 Å². The second-order valence-corrected chi connectivity index (χ2v) is 4.33. The summed E-state index contributed by atoms with van der Waals surface area (Å²) in [5, 5.41) is 10.9. The van der Waals surface area contributed by atoms with Crippen LogP contribution < -0.4 is 5.69 Å². The summed E-state index contributed by atoms with van der Waals surface area (Å²) in [5.74, 6) is -0.00900. The molecule has 0 atom stereocenters. The lowest BCUT2D eigenvalue weighted by molar-refractivity contribution is 0.424. The monoisotopic (exact) mass is 243 g/mol. The van der Waals surface area contributed by atoms with Gasteiger partial charge in [0.2, 0.25) is 5.88 Å². The molecule has 1 aromatic carbocycles. The minimum atomic E-state index is -0.303. The van der Waals surface area contributed by atoms with Crippen LogP contribution in [0.2, 0.25) is 0 Å². The zero-order valence-electron chi connectivity index (χ0n) is 9.90. The van der Waals surface area contributed by atoms with Crippen molar-refractivity contribution in [2.75, 3.05) is 0 Å². The van der Waals surface area contributed by atoms with Crippen molar-refractivity contribution in [1.29, 1.82) is 0 Å². The highest BCUT2D eigenvalue weighted by Gasteiger charge is 2.12. The smallest absolute Gasteiger partial charge is 0.328 e. The van der Waals surface area contributed by atoms with Gasteiger partial charge < -0.3 is 15.1 Å². The lowest BCUT2D eigenvalue weighted by atomic mass is 10.1. The van der Waals surface area contributed by atoms with Crippen molar-refractivity contribution in [1.82, 2.24) is 14.5 Å². The molecule has 3 aromatic rings. The second kappa shape index (κ2) is 3.80. The lowest BCUT2D eigenvalue weighted by Crippen LogP contribution is -2.11. The maximum absolute atomic E-state index is 11.4. The number of para-hydroxylation sites is 1. The number of imidazole rings is 1. The minimum Gasteiger partial charge on any atom is -0.493 e. The molecule has 5 nitrogen and oxygen atoms in total. The van der Waals surface area contributed by atoms with Gasteiger partial charge in [-0.15, -0.1) is 0 Å². The molecule has 92 valence electrons. The van der Waals surface area contributed by atoms with Crippen molar-refractivity contribution in [3.05, 3.63) is 52.2 Å². The summed E-state index contributed by atoms with van der Waals surface area (Å²) in [6.07, 6.45) is 2.39. The van der Waals surface area contributed by atoms with Crippen LogP contribution in [0.15, 0.2) is 35.3 Å². The molecule has 3 rings (SSSR count). The van der Waals surface area contributed by atoms with Crippen molar-refractivity contribution in [3.63, 3.8) is 0 Å². The molecule has 0 unspecified atom stereocenters. The Kier molecular flexibility index (Phi) is 2.26. The first-order valence-electron chi connectivity index (χ1n) is 5.68. The summed E-state index contributed by atoms with van der Waals surface area (Å²) in [5.41, 5.74) is 2.32. The third-order valence-corrected chi connectivity index (χ3v) is 3.19. The van der Waals surface area contributed by atoms with Gasteiger partial charge in [0, 0.05) is 30.6 Å². The van der Waals surface area contributed by atoms with E-state index in [4.69, 9.17) is 0 Å². The summed E-state index contributed by atoms with van der Waals surface area (Å²) in [7, 11) is 1.53. The summed E-state index contributed by atoms with van der Waals surface area (Å²) in [6, 6.07) is 7.93. The van der Waals surface area contributed by atoms with Crippen LogP contribution in [0.5, 0.6) is 5.88 Å². The normalized spacial score (nSPS) is 11.2. The number of rotatable bonds is 2. The molecule has 0 amide bonds. The van der Waals surface area contributed by atoms with Gasteiger partial charge in [-0.05, 0) is 11.6 Å². The molecule has 0 aliphatic carbocycles. The summed E-state index contributed by atoms with van der Waals surface area (Å²) < 4.78 is 1.20. The highest BCUT2D eigenvalue weighted by Crippen LogP contribution is 2.22. The number of benzene rings is 1. The zero-order chi connectivity index (χ0) is 12.7. The summed E-state index contributed by atoms with van der Waals surface area (Å²) in [4.78, 5) is 17.2. The van der Waals surface area contributed by atoms with Crippen molar-refractivity contribution in [2.45, 2.75) is 6.42 Å². The van der Waals surface area contributed by atoms with Crippen molar-refractivity contribution >= 4 is 10.9 Å². The quantitative estimate of drug-likeness (QED) is 0.638. The molecule has 18 heavy (non-hydrogen) atoms. The number of fused-ring (bicyclic) bond motifs is 1. The Morgan fingerprint density at radius 1 is 1.33 bits per heavy atom. The largest absolute Gasteiger partial charge is 0.493 e. The van der Waals surface area contributed by atoms with E-state index in [1.54, 1.807) is 0 Å². The number of aromatic hydroxyl groups is 1. The van der Waals surface area contributed by atoms with E-state index in [9.17, 15) is 9.90 Å². The van der Waals surface area contributed by atoms with Crippen LogP contribution in [0.1, 0.15) is 11.3 Å². The molecule has 0 aliphatic rings. The van der Waals surface area contributed by atoms with E-state index in [0.29, 0.717) is 12.1 Å². The fourth-order valence-electron chi connectivity index (χ4n) is 2.16. The first-order valence-corrected chi connectivity index (χ1v) is 5.68. The van der Waals surface area contributed by atoms with Gasteiger partial charge in [0.15, 0.2) is 0 Å². The maximum Gasteiger partial charge on any atom is 0.328 e. The number of H-pyrrole nitrogens is 2. The number of aromatic amines is 2. The van der Waals surface area contributed by atoms with Gasteiger partial charge in [0.05, 0.1) is 5.69 Å². The number of nitrogens with one attached hydrogen (secondary N) is 2. The van der Waals surface area contributed by atoms with Gasteiger partial charge in [-0.3, -0.25) is 4.57 Å². The predicted octanol–water partition coefficient (Wildman–Crippen LogP) is 1.49. The highest BCUT2D eigenvalue weighted by molar-refractivity contribution is 5.83. The molecule has 0 spiro atoms. The number of aromatic nitrogens is 3. The first-order chi connectivity index (χ1) is 8.66. The fraction of sp³-hybridized carbons (Fsp3) is 0.154. The molecule has 0 radical (unpaired) electrons. The van der Waals surface area contributed by atoms with Crippen LogP contribution in [0.25, 0.3) is 10.9 Å². The third kappa shape index (κ3) is 1.52. The van der Waals surface area contributed by atoms with Crippen LogP contribution in [0, 0.1) is 0 Å². The molecule has 0 saturated heterocycles. The van der Waals surface area contributed by atoms with Crippen LogP contribution in [0.4, 0.5) is 0 Å². The number of nitrogens with zero attached hydrogens (tertiary/aromatic N) is 1. The molecule has 2 aromatic heterocycles. The Labute approximate surface area is 103 Å². The topological polar surface area (TPSA) is 73.8 Å². The Balaban J connectivity index is 2.06. The van der Waals surface area contributed by atoms with Gasteiger partial charge in [0.1, 0.15) is 0 Å². The molecule has 0 saturated carbocycles. The lowest BCUT2D eigenvalue weighted by Gasteiger charge is -1.98. The second-order valence-electron chi connectivity index (χ2n) is 4.33. The molecule has 3 N–H and O–H groups in total. The predicted molar refractivity (Wildman–Crippen MR) is 68.8 cm³/mol. The van der Waals surface area contributed by atoms with E-state index >= 15 is 0 Å². The van der Waals surface area contributed by atoms with Crippen molar-refractivity contribution in [3.8, 4) is 5.88 Å². The molecular weight excluding hydrogens is 230 g/mol. The molecule has 0 fully saturated rings. The Morgan fingerprint density at radius 2 is 2.11 bits per heavy atom. The summed E-state index contributed by atoms with van der Waals surface area (Å²) in [6.45, 7) is 0. The SMILES string of the molecule is Cn1c(O)c(Cc2c[nH]c3ccccc23)[nH]c1=O. The number of hydrogen-bond acceptors (Lipinski definition) is 2. The van der Waals surface area contributed by atoms with Gasteiger partial charge in [-0.2, -0.15) is 0 Å². The third-order valence-electron chi connectivity index (χ3n) is 3.19. The Morgan fingerprint density at radius 3 is 2.83 bits per heavy atom. The van der Waals surface area contributed by atoms with Crippen LogP contribution >= 0.6 is 0 Å². The van der Waals surface area contributed by atoms with Crippen LogP contribution in [-0.2, 0) is 13.5 Å². The van der Waals surface area contributed by atoms with Crippen molar-refractivity contribution in [2.24, 2.45) is 7.05 Å². The standard InChI is InChI=1S/C13H13N3O2/c1-16-12(17)11(15-13(16)18)6-8-7-14-10-5-3-2-4-9(8)10/h2-5,7,14,17H,6H2,1H3,(H,15,18). The molecule has 5 heteroatoms. The van der Waals surface area contributed by atoms with E-state index < -0.39 is 0 Å². The van der Waals surface area contributed by atoms with E-state index in [2.05, 4.69) is 9.97 Å². The average molecular weight is 243 g/mol. The molecule has 0 aliphatic heterocycles. The highest BCUT2D eigenvalue weighted by atomic mass is 16.3. The van der Waals surface area contributed by atoms with Gasteiger partial charge >= 0.3 is 5.69 Å². The average Bonchev–Trinajstić information content (AvgIpc) is 2.89. The van der Waals surface area contributed by atoms with Gasteiger partial charge in [-0.25, -0.2) is 4.79 Å². The van der Waals surface area contributed by atoms with Crippen LogP contribution in [0.3, 0.4) is 0 Å².